The Labute approximate surface area is 164 Å². The van der Waals surface area contributed by atoms with Gasteiger partial charge in [0.25, 0.3) is 11.8 Å². The van der Waals surface area contributed by atoms with Gasteiger partial charge < -0.3 is 10.2 Å². The molecule has 0 saturated carbocycles. The molecule has 0 fully saturated rings. The zero-order chi connectivity index (χ0) is 19.5. The molecule has 0 aromatic heterocycles. The Morgan fingerprint density at radius 2 is 1.68 bits per heavy atom. The number of rotatable bonds is 4. The molecule has 140 valence electrons. The fraction of sp³-hybridized carbons (Fsp3) is 0.167. The van der Waals surface area contributed by atoms with Crippen molar-refractivity contribution >= 4 is 23.2 Å². The molecular weight excluding hydrogens is 348 g/mol. The Balaban J connectivity index is 1.56. The summed E-state index contributed by atoms with van der Waals surface area (Å²) in [6.07, 6.45) is 1.69. The third kappa shape index (κ3) is 3.41. The number of benzene rings is 3. The zero-order valence-corrected chi connectivity index (χ0v) is 15.8. The number of nitrogens with zero attached hydrogens (tertiary/aromatic N) is 1. The van der Waals surface area contributed by atoms with E-state index in [0.29, 0.717) is 17.7 Å². The lowest BCUT2D eigenvalue weighted by Gasteiger charge is -2.18. The maximum absolute atomic E-state index is 13.0. The molecule has 0 aliphatic carbocycles. The number of aryl methyl sites for hydroxylation is 1. The largest absolute Gasteiger partial charge is 0.322 e. The standard InChI is InChI=1S/C24H22N2O2/c1-2-17-8-3-5-12-21(17)25-23(27)19-10-7-11-20(16-19)24(28)26-15-14-18-9-4-6-13-22(18)26/h3-13,16H,2,14-15H2,1H3,(H,25,27). The van der Waals surface area contributed by atoms with Crippen LogP contribution in [0.2, 0.25) is 0 Å². The highest BCUT2D eigenvalue weighted by Gasteiger charge is 2.25. The Morgan fingerprint density at radius 1 is 0.929 bits per heavy atom. The summed E-state index contributed by atoms with van der Waals surface area (Å²) in [5.41, 5.74) is 5.02. The van der Waals surface area contributed by atoms with Crippen molar-refractivity contribution < 1.29 is 9.59 Å². The van der Waals surface area contributed by atoms with E-state index >= 15 is 0 Å². The first-order valence-corrected chi connectivity index (χ1v) is 9.56. The highest BCUT2D eigenvalue weighted by atomic mass is 16.2. The number of amides is 2. The van der Waals surface area contributed by atoms with Crippen molar-refractivity contribution in [1.82, 2.24) is 0 Å². The van der Waals surface area contributed by atoms with Gasteiger partial charge in [-0.1, -0.05) is 49.4 Å². The molecule has 0 atom stereocenters. The molecule has 1 aliphatic heterocycles. The van der Waals surface area contributed by atoms with Crippen LogP contribution in [0.5, 0.6) is 0 Å². The van der Waals surface area contributed by atoms with Crippen LogP contribution in [0.1, 0.15) is 38.8 Å². The molecular formula is C24H22N2O2. The quantitative estimate of drug-likeness (QED) is 0.723. The first-order valence-electron chi connectivity index (χ1n) is 9.56. The van der Waals surface area contributed by atoms with Crippen molar-refractivity contribution in [3.05, 3.63) is 95.1 Å². The van der Waals surface area contributed by atoms with Crippen molar-refractivity contribution in [2.75, 3.05) is 16.8 Å². The minimum absolute atomic E-state index is 0.0754. The molecule has 4 heteroatoms. The zero-order valence-electron chi connectivity index (χ0n) is 15.8. The molecule has 3 aromatic carbocycles. The second kappa shape index (κ2) is 7.69. The molecule has 1 heterocycles. The maximum atomic E-state index is 13.0. The summed E-state index contributed by atoms with van der Waals surface area (Å²) in [7, 11) is 0. The van der Waals surface area contributed by atoms with Gasteiger partial charge in [0.05, 0.1) is 0 Å². The van der Waals surface area contributed by atoms with Crippen molar-refractivity contribution in [1.29, 1.82) is 0 Å². The van der Waals surface area contributed by atoms with Gasteiger partial charge in [0.15, 0.2) is 0 Å². The summed E-state index contributed by atoms with van der Waals surface area (Å²) in [6, 6.07) is 22.7. The van der Waals surface area contributed by atoms with E-state index in [9.17, 15) is 9.59 Å². The van der Waals surface area contributed by atoms with Gasteiger partial charge in [-0.2, -0.15) is 0 Å². The lowest BCUT2D eigenvalue weighted by Crippen LogP contribution is -2.29. The fourth-order valence-electron chi connectivity index (χ4n) is 3.64. The first-order chi connectivity index (χ1) is 13.7. The second-order valence-corrected chi connectivity index (χ2v) is 6.88. The van der Waals surface area contributed by atoms with Gasteiger partial charge >= 0.3 is 0 Å². The third-order valence-electron chi connectivity index (χ3n) is 5.15. The highest BCUT2D eigenvalue weighted by molar-refractivity contribution is 6.10. The third-order valence-corrected chi connectivity index (χ3v) is 5.15. The van der Waals surface area contributed by atoms with Gasteiger partial charge in [-0.15, -0.1) is 0 Å². The SMILES string of the molecule is CCc1ccccc1NC(=O)c1cccc(C(=O)N2CCc3ccccc32)c1. The molecule has 28 heavy (non-hydrogen) atoms. The van der Waals surface area contributed by atoms with E-state index in [2.05, 4.69) is 18.3 Å². The molecule has 0 radical (unpaired) electrons. The van der Waals surface area contributed by atoms with Gasteiger partial charge in [-0.3, -0.25) is 9.59 Å². The Bertz CT molecular complexity index is 1040. The summed E-state index contributed by atoms with van der Waals surface area (Å²) in [5.74, 6) is -0.286. The van der Waals surface area contributed by atoms with Crippen molar-refractivity contribution in [3.8, 4) is 0 Å². The van der Waals surface area contributed by atoms with E-state index in [1.165, 1.54) is 5.56 Å². The summed E-state index contributed by atoms with van der Waals surface area (Å²) in [6.45, 7) is 2.72. The Kier molecular flexibility index (Phi) is 4.94. The molecule has 0 saturated heterocycles. The van der Waals surface area contributed by atoms with Crippen molar-refractivity contribution in [2.24, 2.45) is 0 Å². The minimum Gasteiger partial charge on any atom is -0.322 e. The smallest absolute Gasteiger partial charge is 0.258 e. The lowest BCUT2D eigenvalue weighted by molar-refractivity contribution is 0.0989. The van der Waals surface area contributed by atoms with Gasteiger partial charge in [-0.05, 0) is 54.3 Å². The minimum atomic E-state index is -0.211. The number of hydrogen-bond acceptors (Lipinski definition) is 2. The van der Waals surface area contributed by atoms with Crippen LogP contribution in [0.4, 0.5) is 11.4 Å². The van der Waals surface area contributed by atoms with E-state index in [1.54, 1.807) is 29.2 Å². The molecule has 3 aromatic rings. The molecule has 0 unspecified atom stereocenters. The average Bonchev–Trinajstić information content (AvgIpc) is 3.18. The van der Waals surface area contributed by atoms with Crippen LogP contribution in [0.3, 0.4) is 0 Å². The molecule has 1 N–H and O–H groups in total. The molecule has 0 bridgehead atoms. The van der Waals surface area contributed by atoms with Crippen LogP contribution in [0, 0.1) is 0 Å². The van der Waals surface area contributed by atoms with Gasteiger partial charge in [0, 0.05) is 29.0 Å². The maximum Gasteiger partial charge on any atom is 0.258 e. The number of anilines is 2. The summed E-state index contributed by atoms with van der Waals surface area (Å²) in [4.78, 5) is 27.6. The normalized spacial score (nSPS) is 12.5. The number of hydrogen-bond donors (Lipinski definition) is 1. The number of nitrogens with one attached hydrogen (secondary N) is 1. The Hall–Kier alpha value is -3.40. The van der Waals surface area contributed by atoms with Crippen molar-refractivity contribution in [3.63, 3.8) is 0 Å². The van der Waals surface area contributed by atoms with E-state index < -0.39 is 0 Å². The van der Waals surface area contributed by atoms with E-state index in [0.717, 1.165) is 29.8 Å². The molecule has 2 amide bonds. The van der Waals surface area contributed by atoms with Crippen molar-refractivity contribution in [2.45, 2.75) is 19.8 Å². The van der Waals surface area contributed by atoms with Crippen LogP contribution in [0.25, 0.3) is 0 Å². The van der Waals surface area contributed by atoms with Crippen LogP contribution in [0.15, 0.2) is 72.8 Å². The van der Waals surface area contributed by atoms with Crippen LogP contribution >= 0.6 is 0 Å². The highest BCUT2D eigenvalue weighted by Crippen LogP contribution is 2.29. The molecule has 1 aliphatic rings. The molecule has 0 spiro atoms. The average molecular weight is 370 g/mol. The summed E-state index contributed by atoms with van der Waals surface area (Å²) >= 11 is 0. The van der Waals surface area contributed by atoms with E-state index in [4.69, 9.17) is 0 Å². The fourth-order valence-corrected chi connectivity index (χ4v) is 3.64. The van der Waals surface area contributed by atoms with Gasteiger partial charge in [0.2, 0.25) is 0 Å². The van der Waals surface area contributed by atoms with Crippen LogP contribution in [-0.2, 0) is 12.8 Å². The van der Waals surface area contributed by atoms with E-state index in [1.807, 2.05) is 42.5 Å². The monoisotopic (exact) mass is 370 g/mol. The Morgan fingerprint density at radius 3 is 2.54 bits per heavy atom. The number of para-hydroxylation sites is 2. The van der Waals surface area contributed by atoms with Crippen LogP contribution in [-0.4, -0.2) is 18.4 Å². The summed E-state index contributed by atoms with van der Waals surface area (Å²) < 4.78 is 0. The lowest BCUT2D eigenvalue weighted by atomic mass is 10.1. The molecule has 4 rings (SSSR count). The van der Waals surface area contributed by atoms with E-state index in [-0.39, 0.29) is 11.8 Å². The number of fused-ring (bicyclic) bond motifs is 1. The predicted molar refractivity (Wildman–Crippen MR) is 112 cm³/mol. The number of carbonyl (C=O) groups is 2. The summed E-state index contributed by atoms with van der Waals surface area (Å²) in [5, 5.41) is 2.97. The topological polar surface area (TPSA) is 49.4 Å². The van der Waals surface area contributed by atoms with Crippen LogP contribution < -0.4 is 10.2 Å². The van der Waals surface area contributed by atoms with Gasteiger partial charge in [0.1, 0.15) is 0 Å². The second-order valence-electron chi connectivity index (χ2n) is 6.88. The first kappa shape index (κ1) is 18.0. The molecule has 4 nitrogen and oxygen atoms in total. The number of carbonyl (C=O) groups excluding carboxylic acids is 2. The predicted octanol–water partition coefficient (Wildman–Crippen LogP) is 4.70. The van der Waals surface area contributed by atoms with Gasteiger partial charge in [-0.25, -0.2) is 0 Å².